The van der Waals surface area contributed by atoms with Crippen LogP contribution in [-0.2, 0) is 20.1 Å². The van der Waals surface area contributed by atoms with E-state index < -0.39 is 0 Å². The molecule has 0 bridgehead atoms. The van der Waals surface area contributed by atoms with Gasteiger partial charge in [-0.2, -0.15) is 0 Å². The van der Waals surface area contributed by atoms with Crippen LogP contribution in [-0.4, -0.2) is 62.9 Å². The van der Waals surface area contributed by atoms with Crippen LogP contribution in [0.1, 0.15) is 41.8 Å². The van der Waals surface area contributed by atoms with Gasteiger partial charge in [-0.1, -0.05) is 0 Å². The van der Waals surface area contributed by atoms with E-state index in [0.29, 0.717) is 19.1 Å². The molecule has 0 aliphatic carbocycles. The van der Waals surface area contributed by atoms with Crippen LogP contribution >= 0.6 is 0 Å². The van der Waals surface area contributed by atoms with Gasteiger partial charge in [0.05, 0.1) is 23.5 Å². The van der Waals surface area contributed by atoms with E-state index in [1.165, 1.54) is 5.56 Å². The lowest BCUT2D eigenvalue weighted by Crippen LogP contribution is -2.48. The molecule has 2 aliphatic rings. The fraction of sp³-hybridized carbons (Fsp3) is 0.424. The third kappa shape index (κ3) is 5.99. The van der Waals surface area contributed by atoms with Crippen LogP contribution in [0.3, 0.4) is 0 Å². The van der Waals surface area contributed by atoms with Crippen molar-refractivity contribution in [2.24, 2.45) is 7.05 Å². The molecule has 8 heteroatoms. The normalized spacial score (nSPS) is 19.4. The summed E-state index contributed by atoms with van der Waals surface area (Å²) in [5.41, 5.74) is 7.27. The van der Waals surface area contributed by atoms with Crippen molar-refractivity contribution in [3.05, 3.63) is 93.8 Å². The maximum Gasteiger partial charge on any atom is 0.193 e. The maximum absolute atomic E-state index is 13.9. The Morgan fingerprint density at radius 1 is 0.927 bits per heavy atom. The van der Waals surface area contributed by atoms with Crippen molar-refractivity contribution >= 4 is 22.3 Å². The summed E-state index contributed by atoms with van der Waals surface area (Å²) in [7, 11) is 2.02. The van der Waals surface area contributed by atoms with Gasteiger partial charge in [0.2, 0.25) is 0 Å². The molecule has 1 N–H and O–H groups in total. The molecular formula is C33H40N6O2. The second kappa shape index (κ2) is 11.6. The lowest BCUT2D eigenvalue weighted by molar-refractivity contribution is 0.158. The first kappa shape index (κ1) is 27.4. The van der Waals surface area contributed by atoms with Gasteiger partial charge >= 0.3 is 0 Å². The van der Waals surface area contributed by atoms with E-state index in [2.05, 4.69) is 59.6 Å². The highest BCUT2D eigenvalue weighted by Gasteiger charge is 2.27. The first-order chi connectivity index (χ1) is 19.8. The summed E-state index contributed by atoms with van der Waals surface area (Å²) in [4.78, 5) is 29.9. The highest BCUT2D eigenvalue weighted by atomic mass is 16.3. The molecule has 1 aromatic carbocycles. The zero-order chi connectivity index (χ0) is 28.5. The Labute approximate surface area is 241 Å². The maximum atomic E-state index is 13.9. The topological polar surface area (TPSA) is 77.7 Å². The van der Waals surface area contributed by atoms with Crippen molar-refractivity contribution in [2.75, 3.05) is 36.0 Å². The van der Waals surface area contributed by atoms with E-state index in [4.69, 9.17) is 0 Å². The van der Waals surface area contributed by atoms with E-state index in [1.807, 2.05) is 51.6 Å². The number of fused-ring (bicyclic) bond motifs is 1. The molecular weight excluding hydrogens is 512 g/mol. The summed E-state index contributed by atoms with van der Waals surface area (Å²) in [5, 5.41) is 10.7. The number of benzene rings is 1. The van der Waals surface area contributed by atoms with Crippen LogP contribution in [0.15, 0.2) is 65.8 Å². The minimum atomic E-state index is -0.287. The SMILES string of the molecule is Cc1ccc(N2CCC[C@H](N(Cc3ccnc(C)c3)Cc3cn(C)c4cc(N5CC[C@@H](O)C5)ccc4c3=O)C2)cn1. The molecule has 0 spiro atoms. The molecule has 0 unspecified atom stereocenters. The van der Waals surface area contributed by atoms with Crippen LogP contribution in [0.5, 0.6) is 0 Å². The van der Waals surface area contributed by atoms with Gasteiger partial charge in [-0.05, 0) is 81.1 Å². The number of aliphatic hydroxyl groups is 1. The second-order valence-electron chi connectivity index (χ2n) is 11.8. The third-order valence-corrected chi connectivity index (χ3v) is 8.67. The number of anilines is 2. The van der Waals surface area contributed by atoms with Crippen molar-refractivity contribution in [1.82, 2.24) is 19.4 Å². The minimum absolute atomic E-state index is 0.0948. The molecule has 2 saturated heterocycles. The van der Waals surface area contributed by atoms with Gasteiger partial charge in [0, 0.05) is 92.8 Å². The Kier molecular flexibility index (Phi) is 7.77. The Morgan fingerprint density at radius 3 is 2.51 bits per heavy atom. The number of hydrogen-bond donors (Lipinski definition) is 1. The van der Waals surface area contributed by atoms with Gasteiger partial charge in [0.25, 0.3) is 0 Å². The molecule has 0 radical (unpaired) electrons. The highest BCUT2D eigenvalue weighted by Crippen LogP contribution is 2.27. The summed E-state index contributed by atoms with van der Waals surface area (Å²) in [5.74, 6) is 0. The van der Waals surface area contributed by atoms with Crippen LogP contribution in [0.4, 0.5) is 11.4 Å². The molecule has 8 nitrogen and oxygen atoms in total. The Bertz CT molecular complexity index is 1580. The summed E-state index contributed by atoms with van der Waals surface area (Å²) in [6.07, 6.45) is 8.53. The van der Waals surface area contributed by atoms with E-state index in [0.717, 1.165) is 84.7 Å². The molecule has 2 aliphatic heterocycles. The van der Waals surface area contributed by atoms with Crippen LogP contribution in [0, 0.1) is 13.8 Å². The first-order valence-electron chi connectivity index (χ1n) is 14.7. The number of nitrogens with zero attached hydrogens (tertiary/aromatic N) is 6. The Hall–Kier alpha value is -3.75. The standard InChI is InChI=1S/C33H40N6O2/c1-23-6-7-28(17-35-23)37-13-4-5-29(21-37)39(18-25-10-12-34-24(2)15-25)20-26-19-36(3)32-16-27(8-9-31(32)33(26)41)38-14-11-30(40)22-38/h6-10,12,15-17,19,29-30,40H,4-5,11,13-14,18,20-22H2,1-3H3/t29-,30+/m0/s1. The molecule has 2 fully saturated rings. The van der Waals surface area contributed by atoms with Crippen LogP contribution < -0.4 is 15.2 Å². The van der Waals surface area contributed by atoms with E-state index in [1.54, 1.807) is 0 Å². The summed E-state index contributed by atoms with van der Waals surface area (Å²) >= 11 is 0. The largest absolute Gasteiger partial charge is 0.391 e. The van der Waals surface area contributed by atoms with Crippen molar-refractivity contribution in [1.29, 1.82) is 0 Å². The van der Waals surface area contributed by atoms with Gasteiger partial charge in [-0.25, -0.2) is 0 Å². The molecule has 3 aromatic heterocycles. The molecule has 5 heterocycles. The Morgan fingerprint density at radius 2 is 1.76 bits per heavy atom. The summed E-state index contributed by atoms with van der Waals surface area (Å²) in [6.45, 7) is 8.75. The minimum Gasteiger partial charge on any atom is -0.391 e. The fourth-order valence-electron chi connectivity index (χ4n) is 6.43. The molecule has 41 heavy (non-hydrogen) atoms. The van der Waals surface area contributed by atoms with Crippen molar-refractivity contribution in [3.63, 3.8) is 0 Å². The average Bonchev–Trinajstić information content (AvgIpc) is 3.42. The van der Waals surface area contributed by atoms with Gasteiger partial charge in [-0.3, -0.25) is 19.7 Å². The molecule has 6 rings (SSSR count). The predicted octanol–water partition coefficient (Wildman–Crippen LogP) is 4.19. The quantitative estimate of drug-likeness (QED) is 0.369. The zero-order valence-corrected chi connectivity index (χ0v) is 24.3. The fourth-order valence-corrected chi connectivity index (χ4v) is 6.43. The van der Waals surface area contributed by atoms with Crippen molar-refractivity contribution in [3.8, 4) is 0 Å². The summed E-state index contributed by atoms with van der Waals surface area (Å²) < 4.78 is 2.09. The van der Waals surface area contributed by atoms with Gasteiger partial charge in [0.15, 0.2) is 5.43 Å². The smallest absolute Gasteiger partial charge is 0.193 e. The predicted molar refractivity (Wildman–Crippen MR) is 164 cm³/mol. The number of piperidine rings is 1. The number of pyridine rings is 3. The molecule has 214 valence electrons. The zero-order valence-electron chi connectivity index (χ0n) is 24.3. The first-order valence-corrected chi connectivity index (χ1v) is 14.7. The second-order valence-corrected chi connectivity index (χ2v) is 11.8. The van der Waals surface area contributed by atoms with Gasteiger partial charge < -0.3 is 19.5 Å². The van der Waals surface area contributed by atoms with Crippen LogP contribution in [0.25, 0.3) is 10.9 Å². The Balaban J connectivity index is 1.31. The third-order valence-electron chi connectivity index (χ3n) is 8.67. The number of hydrogen-bond acceptors (Lipinski definition) is 7. The lowest BCUT2D eigenvalue weighted by Gasteiger charge is -2.40. The van der Waals surface area contributed by atoms with Crippen molar-refractivity contribution < 1.29 is 5.11 Å². The lowest BCUT2D eigenvalue weighted by atomic mass is 10.0. The van der Waals surface area contributed by atoms with Crippen molar-refractivity contribution in [2.45, 2.75) is 58.3 Å². The van der Waals surface area contributed by atoms with E-state index in [9.17, 15) is 9.90 Å². The molecule has 0 saturated carbocycles. The number of aromatic nitrogens is 3. The van der Waals surface area contributed by atoms with Gasteiger partial charge in [-0.15, -0.1) is 0 Å². The molecule has 0 amide bonds. The monoisotopic (exact) mass is 552 g/mol. The number of β-amino-alcohol motifs (C(OH)–C–C–N with tert-alkyl or cyclic N) is 1. The van der Waals surface area contributed by atoms with E-state index >= 15 is 0 Å². The average molecular weight is 553 g/mol. The molecule has 4 aromatic rings. The summed E-state index contributed by atoms with van der Waals surface area (Å²) in [6, 6.07) is 14.8. The van der Waals surface area contributed by atoms with E-state index in [-0.39, 0.29) is 11.5 Å². The molecule has 2 atom stereocenters. The van der Waals surface area contributed by atoms with Crippen LogP contribution in [0.2, 0.25) is 0 Å². The highest BCUT2D eigenvalue weighted by molar-refractivity contribution is 5.83. The number of rotatable bonds is 7. The van der Waals surface area contributed by atoms with Gasteiger partial charge in [0.1, 0.15) is 0 Å². The number of aliphatic hydroxyl groups excluding tert-OH is 1. The number of aryl methyl sites for hydroxylation is 3.